The number of hydrogen-bond donors (Lipinski definition) is 0. The quantitative estimate of drug-likeness (QED) is 0.483. The lowest BCUT2D eigenvalue weighted by atomic mass is 9.93. The normalized spacial score (nSPS) is 13.8. The van der Waals surface area contributed by atoms with E-state index in [0.717, 1.165) is 16.5 Å². The molecule has 0 bridgehead atoms. The van der Waals surface area contributed by atoms with Crippen LogP contribution in [-0.4, -0.2) is 20.9 Å². The highest BCUT2D eigenvalue weighted by Crippen LogP contribution is 2.35. The molecule has 1 aliphatic heterocycles. The summed E-state index contributed by atoms with van der Waals surface area (Å²) in [6.45, 7) is 1.84. The van der Waals surface area contributed by atoms with Crippen LogP contribution in [0.1, 0.15) is 26.3 Å². The fraction of sp³-hybridized carbons (Fsp3) is 0.136. The number of nitrogens with zero attached hydrogens (tertiary/aromatic N) is 3. The third kappa shape index (κ3) is 1.94. The molecule has 3 aromatic carbocycles. The Morgan fingerprint density at radius 3 is 1.86 bits per heavy atom. The minimum absolute atomic E-state index is 0.155. The molecule has 0 unspecified atom stereocenters. The van der Waals surface area contributed by atoms with Gasteiger partial charge in [-0.05, 0) is 42.1 Å². The average molecular weight is 371 g/mol. The summed E-state index contributed by atoms with van der Waals surface area (Å²) in [5, 5.41) is 1.57. The second-order valence-corrected chi connectivity index (χ2v) is 7.18. The minimum Gasteiger partial charge on any atom is -0.295 e. The Bertz CT molecular complexity index is 1360. The van der Waals surface area contributed by atoms with Crippen molar-refractivity contribution in [2.45, 2.75) is 6.92 Å². The average Bonchev–Trinajstić information content (AvgIpc) is 2.90. The van der Waals surface area contributed by atoms with E-state index in [2.05, 4.69) is 0 Å². The van der Waals surface area contributed by atoms with E-state index in [-0.39, 0.29) is 17.5 Å². The molecule has 4 aromatic rings. The van der Waals surface area contributed by atoms with Crippen molar-refractivity contribution in [3.63, 3.8) is 0 Å². The van der Waals surface area contributed by atoms with Gasteiger partial charge < -0.3 is 0 Å². The van der Waals surface area contributed by atoms with Gasteiger partial charge in [0.15, 0.2) is 0 Å². The van der Waals surface area contributed by atoms with Gasteiger partial charge in [-0.25, -0.2) is 9.69 Å². The van der Waals surface area contributed by atoms with Crippen LogP contribution in [0, 0.1) is 6.92 Å². The zero-order valence-corrected chi connectivity index (χ0v) is 15.7. The van der Waals surface area contributed by atoms with E-state index in [1.54, 1.807) is 36.9 Å². The molecule has 5 rings (SSSR count). The van der Waals surface area contributed by atoms with E-state index in [1.165, 1.54) is 9.47 Å². The van der Waals surface area contributed by atoms with Crippen molar-refractivity contribution in [3.8, 4) is 0 Å². The summed E-state index contributed by atoms with van der Waals surface area (Å²) < 4.78 is 3.08. The largest absolute Gasteiger partial charge is 0.328 e. The summed E-state index contributed by atoms with van der Waals surface area (Å²) in [4.78, 5) is 40.1. The number of carbonyl (C=O) groups excluding carboxylic acids is 2. The Kier molecular flexibility index (Phi) is 3.19. The Morgan fingerprint density at radius 2 is 1.29 bits per heavy atom. The fourth-order valence-corrected chi connectivity index (χ4v) is 4.13. The lowest BCUT2D eigenvalue weighted by Gasteiger charge is -2.28. The van der Waals surface area contributed by atoms with E-state index >= 15 is 0 Å². The Morgan fingerprint density at radius 1 is 0.750 bits per heavy atom. The van der Waals surface area contributed by atoms with Crippen LogP contribution < -0.4 is 10.6 Å². The van der Waals surface area contributed by atoms with Gasteiger partial charge in [-0.15, -0.1) is 0 Å². The SMILES string of the molecule is Cc1cc2c(cc1N1C(=O)c3cccc4cccc(c34)C1=O)n(C)c(=O)n2C. The molecule has 0 atom stereocenters. The Labute approximate surface area is 160 Å². The summed E-state index contributed by atoms with van der Waals surface area (Å²) in [5.74, 6) is -0.699. The standard InChI is InChI=1S/C22H17N3O3/c1-12-10-17-18(24(3)22(28)23(17)2)11-16(12)25-20(26)14-8-4-6-13-7-5-9-15(19(13)14)21(25)27/h4-11H,1-3H3. The number of hydrogen-bond acceptors (Lipinski definition) is 3. The molecular weight excluding hydrogens is 354 g/mol. The smallest absolute Gasteiger partial charge is 0.295 e. The number of imide groups is 1. The Hall–Kier alpha value is -3.67. The van der Waals surface area contributed by atoms with Gasteiger partial charge in [-0.2, -0.15) is 0 Å². The van der Waals surface area contributed by atoms with E-state index < -0.39 is 0 Å². The van der Waals surface area contributed by atoms with Crippen molar-refractivity contribution in [3.05, 3.63) is 75.7 Å². The van der Waals surface area contributed by atoms with Gasteiger partial charge in [0.1, 0.15) is 0 Å². The molecule has 1 aliphatic rings. The van der Waals surface area contributed by atoms with Crippen LogP contribution in [0.2, 0.25) is 0 Å². The fourth-order valence-electron chi connectivity index (χ4n) is 4.13. The lowest BCUT2D eigenvalue weighted by molar-refractivity contribution is 0.0893. The van der Waals surface area contributed by atoms with Gasteiger partial charge in [0.05, 0.1) is 16.7 Å². The monoisotopic (exact) mass is 371 g/mol. The number of imidazole rings is 1. The first-order chi connectivity index (χ1) is 13.4. The molecule has 0 saturated carbocycles. The molecule has 2 heterocycles. The van der Waals surface area contributed by atoms with Crippen LogP contribution in [-0.2, 0) is 14.1 Å². The number of amides is 2. The zero-order valence-electron chi connectivity index (χ0n) is 15.7. The topological polar surface area (TPSA) is 64.3 Å². The summed E-state index contributed by atoms with van der Waals surface area (Å²) >= 11 is 0. The summed E-state index contributed by atoms with van der Waals surface area (Å²) in [7, 11) is 3.39. The highest BCUT2D eigenvalue weighted by molar-refractivity contribution is 6.36. The maximum atomic E-state index is 13.3. The summed E-state index contributed by atoms with van der Waals surface area (Å²) in [6, 6.07) is 14.5. The molecule has 6 heteroatoms. The van der Waals surface area contributed by atoms with Gasteiger partial charge in [-0.1, -0.05) is 24.3 Å². The molecule has 6 nitrogen and oxygen atoms in total. The van der Waals surface area contributed by atoms with E-state index in [0.29, 0.717) is 27.7 Å². The van der Waals surface area contributed by atoms with Gasteiger partial charge in [0, 0.05) is 30.6 Å². The van der Waals surface area contributed by atoms with Crippen molar-refractivity contribution >= 4 is 39.3 Å². The third-order valence-corrected chi connectivity index (χ3v) is 5.60. The summed E-state index contributed by atoms with van der Waals surface area (Å²) in [5.41, 5.74) is 3.54. The molecule has 2 amide bonds. The molecule has 0 N–H and O–H groups in total. The molecule has 0 radical (unpaired) electrons. The van der Waals surface area contributed by atoms with Crippen LogP contribution in [0.3, 0.4) is 0 Å². The second kappa shape index (κ2) is 5.42. The summed E-state index contributed by atoms with van der Waals surface area (Å²) in [6.07, 6.45) is 0. The molecule has 28 heavy (non-hydrogen) atoms. The van der Waals surface area contributed by atoms with Crippen LogP contribution in [0.5, 0.6) is 0 Å². The van der Waals surface area contributed by atoms with Crippen LogP contribution in [0.4, 0.5) is 5.69 Å². The maximum absolute atomic E-state index is 13.3. The number of rotatable bonds is 1. The van der Waals surface area contributed by atoms with Crippen LogP contribution in [0.15, 0.2) is 53.3 Å². The zero-order chi connectivity index (χ0) is 19.7. The van der Waals surface area contributed by atoms with Gasteiger partial charge in [-0.3, -0.25) is 18.7 Å². The van der Waals surface area contributed by atoms with Crippen molar-refractivity contribution in [2.75, 3.05) is 4.90 Å². The third-order valence-electron chi connectivity index (χ3n) is 5.60. The number of anilines is 1. The number of carbonyl (C=O) groups is 2. The van der Waals surface area contributed by atoms with Crippen molar-refractivity contribution in [2.24, 2.45) is 14.1 Å². The predicted octanol–water partition coefficient (Wildman–Crippen LogP) is 3.14. The number of benzene rings is 3. The van der Waals surface area contributed by atoms with Crippen LogP contribution >= 0.6 is 0 Å². The molecule has 1 aromatic heterocycles. The van der Waals surface area contributed by atoms with Gasteiger partial charge >= 0.3 is 5.69 Å². The van der Waals surface area contributed by atoms with Gasteiger partial charge in [0.25, 0.3) is 11.8 Å². The second-order valence-electron chi connectivity index (χ2n) is 7.18. The van der Waals surface area contributed by atoms with E-state index in [4.69, 9.17) is 0 Å². The minimum atomic E-state index is -0.349. The molecule has 0 spiro atoms. The lowest BCUT2D eigenvalue weighted by Crippen LogP contribution is -2.40. The highest BCUT2D eigenvalue weighted by atomic mass is 16.2. The first-order valence-electron chi connectivity index (χ1n) is 8.96. The first-order valence-corrected chi connectivity index (χ1v) is 8.96. The number of aryl methyl sites for hydroxylation is 3. The number of aromatic nitrogens is 2. The first kappa shape index (κ1) is 16.5. The number of fused-ring (bicyclic) bond motifs is 1. The van der Waals surface area contributed by atoms with E-state index in [1.807, 2.05) is 37.3 Å². The molecule has 0 fully saturated rings. The molecule has 0 aliphatic carbocycles. The molecular formula is C22H17N3O3. The predicted molar refractivity (Wildman–Crippen MR) is 108 cm³/mol. The van der Waals surface area contributed by atoms with E-state index in [9.17, 15) is 14.4 Å². The molecule has 0 saturated heterocycles. The van der Waals surface area contributed by atoms with Crippen molar-refractivity contribution < 1.29 is 9.59 Å². The van der Waals surface area contributed by atoms with Crippen molar-refractivity contribution in [1.82, 2.24) is 9.13 Å². The van der Waals surface area contributed by atoms with Gasteiger partial charge in [0.2, 0.25) is 0 Å². The Balaban J connectivity index is 1.80. The van der Waals surface area contributed by atoms with Crippen LogP contribution in [0.25, 0.3) is 21.8 Å². The van der Waals surface area contributed by atoms with Crippen molar-refractivity contribution in [1.29, 1.82) is 0 Å². The maximum Gasteiger partial charge on any atom is 0.328 e. The highest BCUT2D eigenvalue weighted by Gasteiger charge is 2.34. The molecule has 138 valence electrons.